The standard InChI is InChI=1S/C28H32F2N4O7S/c1-15-5-6-18(14-31-15)41-17-7-8-20(29)19(13-17)23(33-42(39)28(2,3)4)22(30)24(35)21-25(36)32-27(38)34(26(21)37)16-9-11-40-12-10-16/h5-8,13-14,16,21-23,33H,9-12H2,1-4H3,(H,32,36,38)/t21-,22-,23+,42-/m1/s1. The van der Waals surface area contributed by atoms with Crippen molar-refractivity contribution in [2.24, 2.45) is 5.92 Å². The van der Waals surface area contributed by atoms with Gasteiger partial charge in [0.15, 0.2) is 17.9 Å². The van der Waals surface area contributed by atoms with E-state index in [0.717, 1.165) is 22.7 Å². The molecule has 4 amide bonds. The molecule has 0 unspecified atom stereocenters. The SMILES string of the molecule is Cc1ccc(Oc2ccc(F)c([C@H](N[S@+]([O-])C(C)(C)C)[C@@H](F)C(=O)[C@@H]3C(=O)NC(=O)N(C4CCOCC4)C3=O)c2)cn1. The predicted octanol–water partition coefficient (Wildman–Crippen LogP) is 3.20. The van der Waals surface area contributed by atoms with Crippen LogP contribution in [-0.2, 0) is 30.5 Å². The van der Waals surface area contributed by atoms with Gasteiger partial charge in [-0.15, -0.1) is 4.72 Å². The lowest BCUT2D eigenvalue weighted by molar-refractivity contribution is -0.151. The number of halogens is 2. The van der Waals surface area contributed by atoms with Gasteiger partial charge in [-0.25, -0.2) is 13.6 Å². The van der Waals surface area contributed by atoms with Crippen molar-refractivity contribution in [2.45, 2.75) is 63.5 Å². The summed E-state index contributed by atoms with van der Waals surface area (Å²) >= 11 is -2.02. The van der Waals surface area contributed by atoms with Gasteiger partial charge in [-0.3, -0.25) is 29.6 Å². The second-order valence-electron chi connectivity index (χ2n) is 11.0. The van der Waals surface area contributed by atoms with E-state index in [9.17, 15) is 23.7 Å². The molecule has 2 N–H and O–H groups in total. The Morgan fingerprint density at radius 1 is 1.19 bits per heavy atom. The minimum Gasteiger partial charge on any atom is -0.598 e. The molecular formula is C28H32F2N4O7S. The number of barbiturate groups is 1. The fraction of sp³-hybridized carbons (Fsp3) is 0.464. The van der Waals surface area contributed by atoms with Crippen LogP contribution in [0.15, 0.2) is 36.5 Å². The smallest absolute Gasteiger partial charge is 0.331 e. The van der Waals surface area contributed by atoms with E-state index in [-0.39, 0.29) is 31.8 Å². The number of hydrogen-bond acceptors (Lipinski definition) is 9. The lowest BCUT2D eigenvalue weighted by atomic mass is 9.89. The fourth-order valence-electron chi connectivity index (χ4n) is 4.50. The number of pyridine rings is 1. The number of amides is 4. The number of nitrogens with one attached hydrogen (secondary N) is 2. The maximum Gasteiger partial charge on any atom is 0.331 e. The average Bonchev–Trinajstić information content (AvgIpc) is 2.93. The zero-order chi connectivity index (χ0) is 30.8. The van der Waals surface area contributed by atoms with Crippen LogP contribution >= 0.6 is 0 Å². The summed E-state index contributed by atoms with van der Waals surface area (Å²) in [6.07, 6.45) is -0.748. The van der Waals surface area contributed by atoms with E-state index in [4.69, 9.17) is 9.47 Å². The van der Waals surface area contributed by atoms with Crippen LogP contribution in [-0.4, -0.2) is 68.2 Å². The number of imide groups is 2. The first-order valence-electron chi connectivity index (χ1n) is 13.3. The molecule has 3 heterocycles. The van der Waals surface area contributed by atoms with Crippen molar-refractivity contribution in [3.05, 3.63) is 53.6 Å². The molecule has 14 heteroatoms. The van der Waals surface area contributed by atoms with Gasteiger partial charge in [-0.2, -0.15) is 0 Å². The fourth-order valence-corrected chi connectivity index (χ4v) is 5.33. The Balaban J connectivity index is 1.67. The lowest BCUT2D eigenvalue weighted by Crippen LogP contribution is -2.64. The summed E-state index contributed by atoms with van der Waals surface area (Å²) in [7, 11) is 0. The highest BCUT2D eigenvalue weighted by Crippen LogP contribution is 2.33. The van der Waals surface area contributed by atoms with Gasteiger partial charge in [-0.1, -0.05) is 0 Å². The van der Waals surface area contributed by atoms with Gasteiger partial charge >= 0.3 is 6.03 Å². The number of carbonyl (C=O) groups is 4. The Kier molecular flexibility index (Phi) is 9.60. The first-order chi connectivity index (χ1) is 19.8. The van der Waals surface area contributed by atoms with E-state index in [2.05, 4.69) is 9.71 Å². The highest BCUT2D eigenvalue weighted by atomic mass is 32.2. The van der Waals surface area contributed by atoms with E-state index in [1.165, 1.54) is 12.3 Å². The average molecular weight is 607 g/mol. The number of hydrogen-bond donors (Lipinski definition) is 2. The van der Waals surface area contributed by atoms with Gasteiger partial charge in [-0.05, 0) is 70.9 Å². The van der Waals surface area contributed by atoms with E-state index in [0.29, 0.717) is 5.75 Å². The second kappa shape index (κ2) is 12.8. The predicted molar refractivity (Wildman–Crippen MR) is 147 cm³/mol. The van der Waals surface area contributed by atoms with Crippen LogP contribution in [0.25, 0.3) is 0 Å². The molecule has 1 aromatic carbocycles. The molecule has 2 aliphatic rings. The summed E-state index contributed by atoms with van der Waals surface area (Å²) < 4.78 is 57.0. The molecule has 2 saturated heterocycles. The molecule has 0 spiro atoms. The summed E-state index contributed by atoms with van der Waals surface area (Å²) in [5.41, 5.74) is 0.306. The van der Waals surface area contributed by atoms with E-state index >= 15 is 8.78 Å². The third-order valence-corrected chi connectivity index (χ3v) is 8.39. The van der Waals surface area contributed by atoms with E-state index < -0.39 is 75.3 Å². The molecule has 0 saturated carbocycles. The molecule has 42 heavy (non-hydrogen) atoms. The topological polar surface area (TPSA) is 150 Å². The van der Waals surface area contributed by atoms with E-state index in [1.807, 2.05) is 5.32 Å². The minimum absolute atomic E-state index is 0.0628. The minimum atomic E-state index is -2.73. The van der Waals surface area contributed by atoms with E-state index in [1.54, 1.807) is 39.8 Å². The molecule has 2 fully saturated rings. The summed E-state index contributed by atoms with van der Waals surface area (Å²) in [6, 6.07) is 3.14. The Labute approximate surface area is 244 Å². The molecule has 2 aliphatic heterocycles. The third-order valence-electron chi connectivity index (χ3n) is 6.81. The number of urea groups is 1. The van der Waals surface area contributed by atoms with Crippen molar-refractivity contribution >= 4 is 35.0 Å². The molecular weight excluding hydrogens is 574 g/mol. The summed E-state index contributed by atoms with van der Waals surface area (Å²) in [4.78, 5) is 56.9. The zero-order valence-corrected chi connectivity index (χ0v) is 24.3. The maximum absolute atomic E-state index is 16.3. The van der Waals surface area contributed by atoms with Crippen molar-refractivity contribution < 1.29 is 42.0 Å². The highest BCUT2D eigenvalue weighted by molar-refractivity contribution is 7.90. The molecule has 0 aliphatic carbocycles. The molecule has 0 bridgehead atoms. The van der Waals surface area contributed by atoms with Gasteiger partial charge < -0.3 is 14.0 Å². The van der Waals surface area contributed by atoms with Crippen molar-refractivity contribution in [1.82, 2.24) is 19.9 Å². The van der Waals surface area contributed by atoms with Crippen LogP contribution in [0.5, 0.6) is 11.5 Å². The zero-order valence-electron chi connectivity index (χ0n) is 23.5. The Hall–Kier alpha value is -3.46. The first-order valence-corrected chi connectivity index (χ1v) is 14.4. The van der Waals surface area contributed by atoms with Crippen LogP contribution in [0, 0.1) is 18.7 Å². The molecule has 2 aromatic rings. The first kappa shape index (κ1) is 31.5. The molecule has 0 radical (unpaired) electrons. The normalized spacial score (nSPS) is 20.6. The quantitative estimate of drug-likeness (QED) is 0.324. The number of aryl methyl sites for hydroxylation is 1. The third kappa shape index (κ3) is 6.94. The second-order valence-corrected chi connectivity index (χ2v) is 13.0. The van der Waals surface area contributed by atoms with Gasteiger partial charge in [0, 0.05) is 41.9 Å². The molecule has 1 aromatic heterocycles. The number of ketones is 1. The van der Waals surface area contributed by atoms with Crippen molar-refractivity contribution in [2.75, 3.05) is 13.2 Å². The van der Waals surface area contributed by atoms with Crippen molar-refractivity contribution in [3.8, 4) is 11.5 Å². The van der Waals surface area contributed by atoms with Gasteiger partial charge in [0.2, 0.25) is 5.91 Å². The number of ether oxygens (including phenoxy) is 2. The van der Waals surface area contributed by atoms with Crippen molar-refractivity contribution in [3.63, 3.8) is 0 Å². The van der Waals surface area contributed by atoms with Crippen LogP contribution in [0.4, 0.5) is 13.6 Å². The number of Topliss-reactive ketones (excluding diaryl/α,β-unsaturated/α-hetero) is 1. The highest BCUT2D eigenvalue weighted by Gasteiger charge is 2.51. The summed E-state index contributed by atoms with van der Waals surface area (Å²) in [5.74, 6) is -6.79. The number of benzene rings is 1. The molecule has 11 nitrogen and oxygen atoms in total. The van der Waals surface area contributed by atoms with Gasteiger partial charge in [0.05, 0.1) is 6.20 Å². The number of carbonyl (C=O) groups excluding carboxylic acids is 4. The van der Waals surface area contributed by atoms with Gasteiger partial charge in [0.1, 0.15) is 28.1 Å². The van der Waals surface area contributed by atoms with Crippen LogP contribution < -0.4 is 14.8 Å². The number of nitrogens with zero attached hydrogens (tertiary/aromatic N) is 2. The molecule has 4 atom stereocenters. The number of rotatable bonds is 9. The summed E-state index contributed by atoms with van der Waals surface area (Å²) in [5, 5.41) is 1.96. The number of alkyl halides is 1. The van der Waals surface area contributed by atoms with Crippen LogP contribution in [0.1, 0.15) is 50.9 Å². The lowest BCUT2D eigenvalue weighted by Gasteiger charge is -2.37. The largest absolute Gasteiger partial charge is 0.598 e. The molecule has 226 valence electrons. The summed E-state index contributed by atoms with van der Waals surface area (Å²) in [6.45, 7) is 7.02. The van der Waals surface area contributed by atoms with Crippen LogP contribution in [0.2, 0.25) is 0 Å². The molecule has 4 rings (SSSR count). The van der Waals surface area contributed by atoms with Crippen LogP contribution in [0.3, 0.4) is 0 Å². The number of aromatic nitrogens is 1. The van der Waals surface area contributed by atoms with Gasteiger partial charge in [0.25, 0.3) is 5.91 Å². The monoisotopic (exact) mass is 606 g/mol. The Morgan fingerprint density at radius 3 is 2.48 bits per heavy atom. The Morgan fingerprint density at radius 2 is 1.86 bits per heavy atom. The maximum atomic E-state index is 16.3. The van der Waals surface area contributed by atoms with Crippen molar-refractivity contribution in [1.29, 1.82) is 0 Å². The Bertz CT molecular complexity index is 1350.